The molecule has 0 spiro atoms. The van der Waals surface area contributed by atoms with Gasteiger partial charge in [-0.05, 0) is 59.5 Å². The highest BCUT2D eigenvalue weighted by Gasteiger charge is 2.56. The zero-order valence-electron chi connectivity index (χ0n) is 20.5. The van der Waals surface area contributed by atoms with E-state index in [-0.39, 0.29) is 17.4 Å². The molecule has 3 aromatic heterocycles. The number of aliphatic imine (C=N–C) groups is 1. The second kappa shape index (κ2) is 8.00. The maximum Gasteiger partial charge on any atom is 0.254 e. The van der Waals surface area contributed by atoms with Gasteiger partial charge in [-0.1, -0.05) is 23.7 Å². The maximum absolute atomic E-state index is 15.4. The topological polar surface area (TPSA) is 120 Å². The van der Waals surface area contributed by atoms with E-state index in [1.54, 1.807) is 22.8 Å². The molecule has 1 aliphatic carbocycles. The Morgan fingerprint density at radius 1 is 1.15 bits per heavy atom. The van der Waals surface area contributed by atoms with Gasteiger partial charge in [-0.2, -0.15) is 14.2 Å². The van der Waals surface area contributed by atoms with Crippen molar-refractivity contribution in [1.82, 2.24) is 40.0 Å². The van der Waals surface area contributed by atoms with E-state index in [1.807, 2.05) is 25.1 Å². The first kappa shape index (κ1) is 22.5. The van der Waals surface area contributed by atoms with Crippen LogP contribution in [-0.2, 0) is 0 Å². The summed E-state index contributed by atoms with van der Waals surface area (Å²) in [6, 6.07) is 12.2. The highest BCUT2D eigenvalue weighted by Crippen LogP contribution is 2.61. The lowest BCUT2D eigenvalue weighted by Gasteiger charge is -2.19. The third kappa shape index (κ3) is 3.36. The average molecular weight is 540 g/mol. The van der Waals surface area contributed by atoms with Gasteiger partial charge in [-0.25, -0.2) is 9.98 Å². The number of aromatic amines is 1. The van der Waals surface area contributed by atoms with E-state index in [1.165, 1.54) is 17.1 Å². The molecule has 2 aliphatic heterocycles. The van der Waals surface area contributed by atoms with E-state index in [9.17, 15) is 4.79 Å². The van der Waals surface area contributed by atoms with Crippen LogP contribution in [0.1, 0.15) is 41.9 Å². The van der Waals surface area contributed by atoms with E-state index < -0.39 is 12.0 Å². The number of nitrogens with zero attached hydrogens (tertiary/aromatic N) is 8. The summed E-state index contributed by atoms with van der Waals surface area (Å²) in [5.74, 6) is 0.354. The fourth-order valence-electron chi connectivity index (χ4n) is 6.04. The van der Waals surface area contributed by atoms with Gasteiger partial charge in [-0.15, -0.1) is 5.10 Å². The second-order valence-corrected chi connectivity index (χ2v) is 10.6. The van der Waals surface area contributed by atoms with Crippen molar-refractivity contribution in [2.75, 3.05) is 0 Å². The summed E-state index contributed by atoms with van der Waals surface area (Å²) in [5.41, 5.74) is 5.30. The van der Waals surface area contributed by atoms with Crippen LogP contribution in [-0.4, -0.2) is 45.7 Å². The van der Waals surface area contributed by atoms with Crippen molar-refractivity contribution in [2.45, 2.75) is 31.7 Å². The van der Waals surface area contributed by atoms with Crippen LogP contribution in [0.25, 0.3) is 27.8 Å². The van der Waals surface area contributed by atoms with Crippen LogP contribution in [0.5, 0.6) is 0 Å². The molecule has 1 N–H and O–H groups in total. The first-order valence-corrected chi connectivity index (χ1v) is 12.9. The molecule has 8 rings (SSSR count). The molecular formula is C27H19ClFN9O. The molecule has 192 valence electrons. The van der Waals surface area contributed by atoms with Gasteiger partial charge in [-0.3, -0.25) is 14.5 Å². The minimum Gasteiger partial charge on any atom is -0.289 e. The standard InChI is InChI=1S/C27H19ClFN9O/c1-12-15-4-2-13(6-22(15)34-33-12)20-9-19(26(29)31-20)25-16-8-17(16)27-32-21(10-24(39)38(25)27)18-7-14(28)3-5-23(18)37-11-30-35-36-37/h2-7,10-11,16-17,25H,8-9H2,1H3,(H,33,34). The van der Waals surface area contributed by atoms with Crippen molar-refractivity contribution in [3.8, 4) is 16.9 Å². The molecule has 0 bridgehead atoms. The summed E-state index contributed by atoms with van der Waals surface area (Å²) in [7, 11) is 0. The van der Waals surface area contributed by atoms with Crippen molar-refractivity contribution < 1.29 is 4.39 Å². The van der Waals surface area contributed by atoms with Crippen LogP contribution in [0.4, 0.5) is 4.39 Å². The Morgan fingerprint density at radius 2 is 2.05 bits per heavy atom. The fourth-order valence-corrected chi connectivity index (χ4v) is 6.21. The number of aryl methyl sites for hydroxylation is 1. The normalized spacial score (nSPS) is 21.4. The minimum absolute atomic E-state index is 0.0889. The summed E-state index contributed by atoms with van der Waals surface area (Å²) in [6.07, 6.45) is 2.65. The number of fused-ring (bicyclic) bond motifs is 4. The van der Waals surface area contributed by atoms with Crippen LogP contribution in [0, 0.1) is 12.8 Å². The molecule has 12 heteroatoms. The summed E-state index contributed by atoms with van der Waals surface area (Å²) in [4.78, 5) is 22.8. The van der Waals surface area contributed by atoms with Crippen molar-refractivity contribution in [3.63, 3.8) is 0 Å². The monoisotopic (exact) mass is 539 g/mol. The number of H-pyrrole nitrogens is 1. The molecule has 0 radical (unpaired) electrons. The van der Waals surface area contributed by atoms with E-state index >= 15 is 4.39 Å². The Balaban J connectivity index is 1.16. The summed E-state index contributed by atoms with van der Waals surface area (Å²) >= 11 is 6.31. The smallest absolute Gasteiger partial charge is 0.254 e. The Bertz CT molecular complexity index is 1960. The van der Waals surface area contributed by atoms with E-state index in [0.29, 0.717) is 45.5 Å². The van der Waals surface area contributed by atoms with Gasteiger partial charge in [0.2, 0.25) is 5.95 Å². The molecule has 0 amide bonds. The zero-order chi connectivity index (χ0) is 26.4. The van der Waals surface area contributed by atoms with E-state index in [4.69, 9.17) is 16.6 Å². The number of halogens is 2. The number of rotatable bonds is 4. The number of allylic oxidation sites excluding steroid dienone is 1. The highest BCUT2D eigenvalue weighted by molar-refractivity contribution is 6.31. The maximum atomic E-state index is 15.4. The van der Waals surface area contributed by atoms with Gasteiger partial charge in [0.15, 0.2) is 0 Å². The molecule has 5 heterocycles. The Labute approximate surface area is 224 Å². The van der Waals surface area contributed by atoms with Crippen LogP contribution in [0.3, 0.4) is 0 Å². The number of hydrogen-bond donors (Lipinski definition) is 1. The van der Waals surface area contributed by atoms with Crippen LogP contribution >= 0.6 is 11.6 Å². The SMILES string of the molecule is Cc1[nH]nc2cc(C3=NC(F)=C(C4C5CC5c5nc(-c6cc(Cl)ccc6-n6cnnn6)cc(=O)n54)C3)ccc12. The second-order valence-electron chi connectivity index (χ2n) is 10.2. The molecule has 3 aliphatic rings. The lowest BCUT2D eigenvalue weighted by atomic mass is 9.96. The number of benzene rings is 2. The first-order valence-electron chi connectivity index (χ1n) is 12.5. The summed E-state index contributed by atoms with van der Waals surface area (Å²) < 4.78 is 18.6. The fraction of sp³-hybridized carbons (Fsp3) is 0.222. The van der Waals surface area contributed by atoms with E-state index in [2.05, 4.69) is 30.7 Å². The average Bonchev–Trinajstić information content (AvgIpc) is 3.29. The van der Waals surface area contributed by atoms with Crippen LogP contribution in [0.2, 0.25) is 5.02 Å². The quantitative estimate of drug-likeness (QED) is 0.337. The molecule has 1 saturated carbocycles. The van der Waals surface area contributed by atoms with Crippen molar-refractivity contribution in [1.29, 1.82) is 0 Å². The number of tetrazole rings is 1. The molecule has 3 unspecified atom stereocenters. The Hall–Kier alpha value is -4.51. The van der Waals surface area contributed by atoms with Gasteiger partial charge in [0, 0.05) is 45.6 Å². The number of hydrogen-bond acceptors (Lipinski definition) is 7. The largest absolute Gasteiger partial charge is 0.289 e. The molecular weight excluding hydrogens is 521 g/mol. The molecule has 39 heavy (non-hydrogen) atoms. The summed E-state index contributed by atoms with van der Waals surface area (Å²) in [6.45, 7) is 1.96. The van der Waals surface area contributed by atoms with Crippen molar-refractivity contribution in [2.24, 2.45) is 10.9 Å². The molecule has 2 aromatic carbocycles. The van der Waals surface area contributed by atoms with Crippen LogP contribution in [0.15, 0.2) is 70.1 Å². The molecule has 10 nitrogen and oxygen atoms in total. The van der Waals surface area contributed by atoms with Gasteiger partial charge < -0.3 is 0 Å². The molecule has 1 fully saturated rings. The predicted octanol–water partition coefficient (Wildman–Crippen LogP) is 4.46. The van der Waals surface area contributed by atoms with Crippen LogP contribution < -0.4 is 5.56 Å². The lowest BCUT2D eigenvalue weighted by Crippen LogP contribution is -2.27. The zero-order valence-corrected chi connectivity index (χ0v) is 21.3. The third-order valence-corrected chi connectivity index (χ3v) is 8.19. The van der Waals surface area contributed by atoms with E-state index in [0.717, 1.165) is 28.6 Å². The van der Waals surface area contributed by atoms with Crippen molar-refractivity contribution >= 4 is 28.2 Å². The molecule has 5 aromatic rings. The highest BCUT2D eigenvalue weighted by atomic mass is 35.5. The third-order valence-electron chi connectivity index (χ3n) is 7.96. The first-order chi connectivity index (χ1) is 19.0. The number of aromatic nitrogens is 8. The predicted molar refractivity (Wildman–Crippen MR) is 142 cm³/mol. The molecule has 0 saturated heterocycles. The van der Waals surface area contributed by atoms with Gasteiger partial charge in [0.25, 0.3) is 5.56 Å². The number of nitrogens with one attached hydrogen (secondary N) is 1. The van der Waals surface area contributed by atoms with Crippen molar-refractivity contribution in [3.05, 3.63) is 92.8 Å². The Morgan fingerprint density at radius 3 is 2.90 bits per heavy atom. The van der Waals surface area contributed by atoms with Gasteiger partial charge in [0.05, 0.1) is 28.7 Å². The lowest BCUT2D eigenvalue weighted by molar-refractivity contribution is 0.493. The van der Waals surface area contributed by atoms with Gasteiger partial charge >= 0.3 is 0 Å². The molecule has 3 atom stereocenters. The minimum atomic E-state index is -0.515. The van der Waals surface area contributed by atoms with Gasteiger partial charge in [0.1, 0.15) is 12.2 Å². The summed E-state index contributed by atoms with van der Waals surface area (Å²) in [5, 5.41) is 20.2. The Kier molecular flexibility index (Phi) is 4.61.